The third-order valence-electron chi connectivity index (χ3n) is 6.23. The zero-order valence-corrected chi connectivity index (χ0v) is 25.0. The van der Waals surface area contributed by atoms with E-state index < -0.39 is 28.5 Å². The van der Waals surface area contributed by atoms with Crippen LogP contribution < -0.4 is 14.4 Å². The summed E-state index contributed by atoms with van der Waals surface area (Å²) < 4.78 is 34.8. The average molecular weight is 617 g/mol. The number of nitrogens with one attached hydrogen (secondary N) is 1. The number of methoxy groups -OCH3 is 1. The minimum absolute atomic E-state index is 0.0184. The van der Waals surface area contributed by atoms with Crippen LogP contribution in [0.15, 0.2) is 82.2 Å². The predicted molar refractivity (Wildman–Crippen MR) is 156 cm³/mol. The predicted octanol–water partition coefficient (Wildman–Crippen LogP) is 4.90. The topological polar surface area (TPSA) is 96.0 Å². The lowest BCUT2D eigenvalue weighted by Crippen LogP contribution is -2.51. The second kappa shape index (κ2) is 13.6. The Morgan fingerprint density at radius 3 is 2.15 bits per heavy atom. The summed E-state index contributed by atoms with van der Waals surface area (Å²) in [6.45, 7) is 5.62. The summed E-state index contributed by atoms with van der Waals surface area (Å²) >= 11 is 3.41. The van der Waals surface area contributed by atoms with Crippen LogP contribution in [0.2, 0.25) is 0 Å². The van der Waals surface area contributed by atoms with Gasteiger partial charge in [0.25, 0.3) is 10.0 Å². The maximum Gasteiger partial charge on any atom is 0.264 e. The number of nitrogens with zero attached hydrogens (tertiary/aromatic N) is 2. The van der Waals surface area contributed by atoms with E-state index >= 15 is 0 Å². The van der Waals surface area contributed by atoms with Gasteiger partial charge < -0.3 is 15.0 Å². The van der Waals surface area contributed by atoms with Gasteiger partial charge in [0.2, 0.25) is 11.8 Å². The van der Waals surface area contributed by atoms with Crippen LogP contribution in [0.5, 0.6) is 5.75 Å². The van der Waals surface area contributed by atoms with Gasteiger partial charge in [0, 0.05) is 17.6 Å². The molecule has 0 aromatic heterocycles. The second-order valence-electron chi connectivity index (χ2n) is 9.14. The number of aryl methyl sites for hydroxylation is 1. The van der Waals surface area contributed by atoms with Crippen molar-refractivity contribution in [3.05, 3.63) is 88.4 Å². The van der Waals surface area contributed by atoms with Crippen LogP contribution >= 0.6 is 15.9 Å². The SMILES string of the molecule is CCCNC(=O)C(C)N(Cc1ccc(Br)cc1)C(=O)CN(c1ccc(C)cc1)S(=O)(=O)c1ccc(OC)cc1. The number of sulfonamides is 1. The summed E-state index contributed by atoms with van der Waals surface area (Å²) in [6, 6.07) is 19.5. The molecule has 1 atom stereocenters. The van der Waals surface area contributed by atoms with E-state index in [1.807, 2.05) is 38.1 Å². The Morgan fingerprint density at radius 1 is 0.974 bits per heavy atom. The molecule has 208 valence electrons. The van der Waals surface area contributed by atoms with Crippen molar-refractivity contribution < 1.29 is 22.7 Å². The van der Waals surface area contributed by atoms with E-state index in [4.69, 9.17) is 4.74 Å². The summed E-state index contributed by atoms with van der Waals surface area (Å²) in [5.41, 5.74) is 2.10. The Morgan fingerprint density at radius 2 is 1.59 bits per heavy atom. The van der Waals surface area contributed by atoms with E-state index in [9.17, 15) is 18.0 Å². The van der Waals surface area contributed by atoms with Gasteiger partial charge in [0.05, 0.1) is 17.7 Å². The molecule has 0 aliphatic rings. The lowest BCUT2D eigenvalue weighted by molar-refractivity contribution is -0.139. The largest absolute Gasteiger partial charge is 0.497 e. The van der Waals surface area contributed by atoms with Crippen LogP contribution in [-0.4, -0.2) is 51.4 Å². The molecule has 1 unspecified atom stereocenters. The highest BCUT2D eigenvalue weighted by Crippen LogP contribution is 2.26. The number of halogens is 1. The van der Waals surface area contributed by atoms with Crippen LogP contribution in [0.25, 0.3) is 0 Å². The number of rotatable bonds is 12. The fraction of sp³-hybridized carbons (Fsp3) is 0.310. The lowest BCUT2D eigenvalue weighted by atomic mass is 10.1. The molecule has 0 heterocycles. The number of carbonyl (C=O) groups excluding carboxylic acids is 2. The fourth-order valence-electron chi connectivity index (χ4n) is 3.88. The first kappa shape index (κ1) is 30.2. The minimum atomic E-state index is -4.14. The van der Waals surface area contributed by atoms with Crippen LogP contribution in [-0.2, 0) is 26.2 Å². The monoisotopic (exact) mass is 615 g/mol. The number of ether oxygens (including phenoxy) is 1. The molecular weight excluding hydrogens is 582 g/mol. The van der Waals surface area contributed by atoms with Crippen LogP contribution in [0, 0.1) is 6.92 Å². The van der Waals surface area contributed by atoms with Crippen molar-refractivity contribution in [1.29, 1.82) is 0 Å². The Labute approximate surface area is 239 Å². The van der Waals surface area contributed by atoms with Crippen molar-refractivity contribution in [3.8, 4) is 5.75 Å². The summed E-state index contributed by atoms with van der Waals surface area (Å²) in [5, 5.41) is 2.84. The molecule has 3 aromatic rings. The summed E-state index contributed by atoms with van der Waals surface area (Å²) in [7, 11) is -2.64. The molecule has 0 aliphatic heterocycles. The van der Waals surface area contributed by atoms with Crippen LogP contribution in [0.3, 0.4) is 0 Å². The van der Waals surface area contributed by atoms with Gasteiger partial charge >= 0.3 is 0 Å². The van der Waals surface area contributed by atoms with Gasteiger partial charge in [-0.25, -0.2) is 8.42 Å². The first-order valence-electron chi connectivity index (χ1n) is 12.6. The van der Waals surface area contributed by atoms with Gasteiger partial charge in [-0.05, 0) is 74.4 Å². The van der Waals surface area contributed by atoms with Gasteiger partial charge in [0.15, 0.2) is 0 Å². The Hall–Kier alpha value is -3.37. The molecule has 10 heteroatoms. The first-order chi connectivity index (χ1) is 18.6. The number of hydrogen-bond acceptors (Lipinski definition) is 5. The van der Waals surface area contributed by atoms with E-state index in [0.717, 1.165) is 26.3 Å². The van der Waals surface area contributed by atoms with E-state index in [-0.39, 0.29) is 17.3 Å². The van der Waals surface area contributed by atoms with Crippen molar-refractivity contribution in [3.63, 3.8) is 0 Å². The van der Waals surface area contributed by atoms with Gasteiger partial charge in [-0.1, -0.05) is 52.7 Å². The number of hydrogen-bond donors (Lipinski definition) is 1. The number of benzene rings is 3. The zero-order valence-electron chi connectivity index (χ0n) is 22.6. The molecule has 3 rings (SSSR count). The van der Waals surface area contributed by atoms with Crippen molar-refractivity contribution in [2.45, 2.75) is 44.7 Å². The molecule has 2 amide bonds. The van der Waals surface area contributed by atoms with E-state index in [1.54, 1.807) is 43.3 Å². The fourth-order valence-corrected chi connectivity index (χ4v) is 5.56. The maximum atomic E-state index is 13.9. The normalized spacial score (nSPS) is 11.9. The third-order valence-corrected chi connectivity index (χ3v) is 8.55. The summed E-state index contributed by atoms with van der Waals surface area (Å²) in [4.78, 5) is 28.2. The smallest absolute Gasteiger partial charge is 0.264 e. The zero-order chi connectivity index (χ0) is 28.6. The maximum absolute atomic E-state index is 13.9. The van der Waals surface area contributed by atoms with Crippen molar-refractivity contribution >= 4 is 43.5 Å². The highest BCUT2D eigenvalue weighted by Gasteiger charge is 2.32. The molecule has 1 N–H and O–H groups in total. The first-order valence-corrected chi connectivity index (χ1v) is 14.8. The molecule has 0 bridgehead atoms. The quantitative estimate of drug-likeness (QED) is 0.312. The Kier molecular flexibility index (Phi) is 10.5. The molecule has 0 spiro atoms. The highest BCUT2D eigenvalue weighted by atomic mass is 79.9. The summed E-state index contributed by atoms with van der Waals surface area (Å²) in [5.74, 6) is -0.295. The van der Waals surface area contributed by atoms with Crippen molar-refractivity contribution in [2.75, 3.05) is 24.5 Å². The van der Waals surface area contributed by atoms with E-state index in [1.165, 1.54) is 24.1 Å². The molecule has 0 radical (unpaired) electrons. The Bertz CT molecular complexity index is 1360. The average Bonchev–Trinajstić information content (AvgIpc) is 2.94. The molecule has 0 saturated carbocycles. The summed E-state index contributed by atoms with van der Waals surface area (Å²) in [6.07, 6.45) is 0.750. The molecular formula is C29H34BrN3O5S. The minimum Gasteiger partial charge on any atom is -0.497 e. The molecule has 0 fully saturated rings. The van der Waals surface area contributed by atoms with E-state index in [0.29, 0.717) is 18.0 Å². The standard InChI is InChI=1S/C29H34BrN3O5S/c1-5-18-31-29(35)22(3)32(19-23-8-10-24(30)11-9-23)28(34)20-33(25-12-6-21(2)7-13-25)39(36,37)27-16-14-26(38-4)15-17-27/h6-17,22H,5,18-20H2,1-4H3,(H,31,35). The number of anilines is 1. The Balaban J connectivity index is 2.00. The van der Waals surface area contributed by atoms with E-state index in [2.05, 4.69) is 21.2 Å². The molecule has 39 heavy (non-hydrogen) atoms. The molecule has 0 aliphatic carbocycles. The van der Waals surface area contributed by atoms with Gasteiger partial charge in [-0.2, -0.15) is 0 Å². The van der Waals surface area contributed by atoms with Gasteiger partial charge in [0.1, 0.15) is 18.3 Å². The second-order valence-corrected chi connectivity index (χ2v) is 11.9. The third kappa shape index (κ3) is 7.83. The molecule has 3 aromatic carbocycles. The van der Waals surface area contributed by atoms with Crippen LogP contribution in [0.4, 0.5) is 5.69 Å². The van der Waals surface area contributed by atoms with Crippen LogP contribution in [0.1, 0.15) is 31.4 Å². The number of carbonyl (C=O) groups is 2. The molecule has 0 saturated heterocycles. The van der Waals surface area contributed by atoms with Crippen molar-refractivity contribution in [1.82, 2.24) is 10.2 Å². The molecule has 8 nitrogen and oxygen atoms in total. The lowest BCUT2D eigenvalue weighted by Gasteiger charge is -2.32. The van der Waals surface area contributed by atoms with Crippen molar-refractivity contribution in [2.24, 2.45) is 0 Å². The van der Waals surface area contributed by atoms with Gasteiger partial charge in [-0.15, -0.1) is 0 Å². The number of amides is 2. The van der Waals surface area contributed by atoms with Gasteiger partial charge in [-0.3, -0.25) is 13.9 Å². The highest BCUT2D eigenvalue weighted by molar-refractivity contribution is 9.10.